The van der Waals surface area contributed by atoms with Crippen molar-refractivity contribution in [1.29, 1.82) is 0 Å². The third-order valence-corrected chi connectivity index (χ3v) is 6.82. The summed E-state index contributed by atoms with van der Waals surface area (Å²) in [5, 5.41) is 10.2. The number of halogens is 1. The van der Waals surface area contributed by atoms with Crippen LogP contribution in [-0.2, 0) is 11.2 Å². The van der Waals surface area contributed by atoms with Gasteiger partial charge in [-0.15, -0.1) is 0 Å². The highest BCUT2D eigenvalue weighted by Gasteiger charge is 2.22. The van der Waals surface area contributed by atoms with Gasteiger partial charge in [-0.1, -0.05) is 30.3 Å². The highest BCUT2D eigenvalue weighted by molar-refractivity contribution is 5.93. The molecule has 1 saturated heterocycles. The molecule has 0 saturated carbocycles. The van der Waals surface area contributed by atoms with Crippen LogP contribution in [0.2, 0.25) is 0 Å². The average Bonchev–Trinajstić information content (AvgIpc) is 3.35. The van der Waals surface area contributed by atoms with E-state index in [2.05, 4.69) is 12.1 Å². The van der Waals surface area contributed by atoms with Gasteiger partial charge in [-0.05, 0) is 78.6 Å². The number of aromatic hydroxyl groups is 1. The van der Waals surface area contributed by atoms with Crippen molar-refractivity contribution in [1.82, 2.24) is 4.90 Å². The van der Waals surface area contributed by atoms with Gasteiger partial charge in [-0.3, -0.25) is 4.79 Å². The Bertz CT molecular complexity index is 1250. The number of phenols is 1. The molecule has 1 N–H and O–H groups in total. The van der Waals surface area contributed by atoms with Crippen molar-refractivity contribution < 1.29 is 23.8 Å². The predicted molar refractivity (Wildman–Crippen MR) is 133 cm³/mol. The van der Waals surface area contributed by atoms with Gasteiger partial charge in [0, 0.05) is 30.8 Å². The molecule has 2 aliphatic rings. The molecule has 0 radical (unpaired) electrons. The zero-order chi connectivity index (χ0) is 24.2. The third-order valence-electron chi connectivity index (χ3n) is 6.82. The zero-order valence-corrected chi connectivity index (χ0v) is 19.5. The number of piperidine rings is 1. The average molecular weight is 474 g/mol. The van der Waals surface area contributed by atoms with Gasteiger partial charge in [-0.25, -0.2) is 4.39 Å². The van der Waals surface area contributed by atoms with Crippen LogP contribution in [0.5, 0.6) is 17.2 Å². The first kappa shape index (κ1) is 23.0. The molecule has 2 heterocycles. The summed E-state index contributed by atoms with van der Waals surface area (Å²) >= 11 is 0. The van der Waals surface area contributed by atoms with E-state index < -0.39 is 5.82 Å². The molecular formula is C29H28FNO4. The number of aryl methyl sites for hydroxylation is 1. The Morgan fingerprint density at radius 1 is 1.00 bits per heavy atom. The Kier molecular flexibility index (Phi) is 6.70. The van der Waals surface area contributed by atoms with Crippen LogP contribution in [0.25, 0.3) is 17.2 Å². The first-order chi connectivity index (χ1) is 17.1. The van der Waals surface area contributed by atoms with Gasteiger partial charge >= 0.3 is 0 Å². The molecule has 0 spiro atoms. The van der Waals surface area contributed by atoms with Crippen molar-refractivity contribution in [2.45, 2.75) is 25.7 Å². The van der Waals surface area contributed by atoms with Crippen molar-refractivity contribution in [2.75, 3.05) is 19.9 Å². The van der Waals surface area contributed by atoms with Crippen LogP contribution in [0.1, 0.15) is 30.4 Å². The minimum atomic E-state index is -0.492. The Balaban J connectivity index is 1.16. The molecule has 0 atom stereocenters. The molecule has 2 aliphatic heterocycles. The van der Waals surface area contributed by atoms with Crippen LogP contribution < -0.4 is 9.47 Å². The van der Waals surface area contributed by atoms with Gasteiger partial charge in [0.25, 0.3) is 0 Å². The highest BCUT2D eigenvalue weighted by Crippen LogP contribution is 2.34. The Morgan fingerprint density at radius 3 is 2.63 bits per heavy atom. The van der Waals surface area contributed by atoms with Crippen LogP contribution in [0.15, 0.2) is 66.7 Å². The van der Waals surface area contributed by atoms with E-state index >= 15 is 0 Å². The maximum atomic E-state index is 13.4. The fraction of sp³-hybridized carbons (Fsp3) is 0.276. The maximum absolute atomic E-state index is 13.4. The number of ether oxygens (including phenoxy) is 2. The number of amides is 1. The maximum Gasteiger partial charge on any atom is 0.246 e. The first-order valence-electron chi connectivity index (χ1n) is 12.0. The molecule has 180 valence electrons. The smallest absolute Gasteiger partial charge is 0.246 e. The van der Waals surface area contributed by atoms with E-state index in [0.717, 1.165) is 67.5 Å². The number of rotatable bonds is 6. The number of hydrogen-bond donors (Lipinski definition) is 1. The molecular weight excluding hydrogens is 445 g/mol. The summed E-state index contributed by atoms with van der Waals surface area (Å²) in [6.45, 7) is 1.78. The van der Waals surface area contributed by atoms with Gasteiger partial charge in [0.1, 0.15) is 11.6 Å². The van der Waals surface area contributed by atoms with Gasteiger partial charge < -0.3 is 19.5 Å². The highest BCUT2D eigenvalue weighted by atomic mass is 19.1. The lowest BCUT2D eigenvalue weighted by Crippen LogP contribution is -2.37. The summed E-state index contributed by atoms with van der Waals surface area (Å²) in [7, 11) is 0. The summed E-state index contributed by atoms with van der Waals surface area (Å²) in [6, 6.07) is 17.6. The lowest BCUT2D eigenvalue weighted by Gasteiger charge is -2.31. The Labute approximate surface area is 204 Å². The lowest BCUT2D eigenvalue weighted by atomic mass is 9.90. The van der Waals surface area contributed by atoms with Crippen molar-refractivity contribution in [3.05, 3.63) is 83.7 Å². The van der Waals surface area contributed by atoms with Crippen LogP contribution in [0.3, 0.4) is 0 Å². The quantitative estimate of drug-likeness (QED) is 0.459. The summed E-state index contributed by atoms with van der Waals surface area (Å²) < 4.78 is 24.2. The minimum Gasteiger partial charge on any atom is -0.507 e. The molecule has 35 heavy (non-hydrogen) atoms. The SMILES string of the molecule is O=C(/C=C/c1ccccc1-c1ccc(F)cc1O)N1CCC(CCc2ccc3c(c2)OCO3)CC1. The number of phenolic OH excluding ortho intramolecular Hbond substituents is 1. The normalized spacial score (nSPS) is 15.6. The standard InChI is InChI=1S/C29H28FNO4/c30-23-9-10-25(26(32)18-23)24-4-2-1-3-22(24)8-12-29(33)31-15-13-20(14-16-31)5-6-21-7-11-27-28(17-21)35-19-34-27/h1-4,7-12,17-18,20,32H,5-6,13-16,19H2/b12-8+. The summed E-state index contributed by atoms with van der Waals surface area (Å²) in [4.78, 5) is 14.7. The topological polar surface area (TPSA) is 59.0 Å². The van der Waals surface area contributed by atoms with E-state index in [1.54, 1.807) is 18.2 Å². The first-order valence-corrected chi connectivity index (χ1v) is 12.0. The van der Waals surface area contributed by atoms with Crippen LogP contribution in [-0.4, -0.2) is 35.8 Å². The molecule has 0 aliphatic carbocycles. The van der Waals surface area contributed by atoms with E-state index in [1.165, 1.54) is 11.6 Å². The molecule has 0 bridgehead atoms. The number of benzene rings is 3. The molecule has 1 fully saturated rings. The lowest BCUT2D eigenvalue weighted by molar-refractivity contribution is -0.127. The van der Waals surface area contributed by atoms with Crippen molar-refractivity contribution in [3.63, 3.8) is 0 Å². The Morgan fingerprint density at radius 2 is 1.80 bits per heavy atom. The summed E-state index contributed by atoms with van der Waals surface area (Å²) in [5.41, 5.74) is 3.32. The van der Waals surface area contributed by atoms with Crippen LogP contribution >= 0.6 is 0 Å². The monoisotopic (exact) mass is 473 g/mol. The third kappa shape index (κ3) is 5.32. The number of nitrogens with zero attached hydrogens (tertiary/aromatic N) is 1. The van der Waals surface area contributed by atoms with E-state index in [1.807, 2.05) is 35.2 Å². The number of carbonyl (C=O) groups excluding carboxylic acids is 1. The number of carbonyl (C=O) groups is 1. The fourth-order valence-electron chi connectivity index (χ4n) is 4.80. The molecule has 0 unspecified atom stereocenters. The van der Waals surface area contributed by atoms with Gasteiger partial charge in [0.2, 0.25) is 12.7 Å². The largest absolute Gasteiger partial charge is 0.507 e. The van der Waals surface area contributed by atoms with Crippen molar-refractivity contribution >= 4 is 12.0 Å². The number of likely N-dealkylation sites (tertiary alicyclic amines) is 1. The molecule has 3 aromatic rings. The Hall–Kier alpha value is -3.80. The van der Waals surface area contributed by atoms with Crippen LogP contribution in [0, 0.1) is 11.7 Å². The van der Waals surface area contributed by atoms with Gasteiger partial charge in [0.15, 0.2) is 11.5 Å². The van der Waals surface area contributed by atoms with Gasteiger partial charge in [0.05, 0.1) is 0 Å². The zero-order valence-electron chi connectivity index (χ0n) is 19.5. The molecule has 0 aromatic heterocycles. The van der Waals surface area contributed by atoms with Crippen molar-refractivity contribution in [3.8, 4) is 28.4 Å². The molecule has 1 amide bonds. The summed E-state index contributed by atoms with van der Waals surface area (Å²) in [5.74, 6) is 1.60. The van der Waals surface area contributed by atoms with Crippen molar-refractivity contribution in [2.24, 2.45) is 5.92 Å². The van der Waals surface area contributed by atoms with Crippen LogP contribution in [0.4, 0.5) is 4.39 Å². The molecule has 5 rings (SSSR count). The summed E-state index contributed by atoms with van der Waals surface area (Å²) in [6.07, 6.45) is 7.42. The fourth-order valence-corrected chi connectivity index (χ4v) is 4.80. The molecule has 6 heteroatoms. The van der Waals surface area contributed by atoms with E-state index in [9.17, 15) is 14.3 Å². The van der Waals surface area contributed by atoms with Gasteiger partial charge in [-0.2, -0.15) is 0 Å². The van der Waals surface area contributed by atoms with E-state index in [0.29, 0.717) is 18.3 Å². The second-order valence-electron chi connectivity index (χ2n) is 9.08. The van der Waals surface area contributed by atoms with E-state index in [4.69, 9.17) is 9.47 Å². The molecule has 5 nitrogen and oxygen atoms in total. The predicted octanol–water partition coefficient (Wildman–Crippen LogP) is 5.81. The minimum absolute atomic E-state index is 0.0163. The second kappa shape index (κ2) is 10.2. The van der Waals surface area contributed by atoms with E-state index in [-0.39, 0.29) is 11.7 Å². The molecule has 3 aromatic carbocycles. The number of hydrogen-bond acceptors (Lipinski definition) is 4. The number of fused-ring (bicyclic) bond motifs is 1. The second-order valence-corrected chi connectivity index (χ2v) is 9.08.